The molecule has 0 unspecified atom stereocenters. The minimum atomic E-state index is -0.235. The molecule has 0 saturated carbocycles. The van der Waals surface area contributed by atoms with Crippen molar-refractivity contribution in [2.75, 3.05) is 0 Å². The molecule has 1 amide bonds. The van der Waals surface area contributed by atoms with Gasteiger partial charge >= 0.3 is 0 Å². The first-order valence-corrected chi connectivity index (χ1v) is 5.67. The molecule has 4 nitrogen and oxygen atoms in total. The molecule has 4 heteroatoms. The van der Waals surface area contributed by atoms with Gasteiger partial charge in [-0.15, -0.1) is 0 Å². The lowest BCUT2D eigenvalue weighted by Gasteiger charge is -2.25. The number of rotatable bonds is 4. The number of amides is 1. The van der Waals surface area contributed by atoms with Gasteiger partial charge in [-0.05, 0) is 32.4 Å². The molecule has 1 aromatic heterocycles. The Balaban J connectivity index is 2.73. The molecule has 0 spiro atoms. The van der Waals surface area contributed by atoms with E-state index in [2.05, 4.69) is 17.2 Å². The summed E-state index contributed by atoms with van der Waals surface area (Å²) < 4.78 is 0. The van der Waals surface area contributed by atoms with Crippen molar-refractivity contribution in [2.24, 2.45) is 0 Å². The Labute approximate surface area is 102 Å². The smallest absolute Gasteiger partial charge is 0.270 e. The van der Waals surface area contributed by atoms with Gasteiger partial charge in [0.1, 0.15) is 11.8 Å². The number of nitriles is 1. The van der Waals surface area contributed by atoms with Gasteiger partial charge < -0.3 is 5.32 Å². The molecule has 1 aromatic rings. The van der Waals surface area contributed by atoms with E-state index < -0.39 is 0 Å². The molecule has 1 heterocycles. The summed E-state index contributed by atoms with van der Waals surface area (Å²) in [4.78, 5) is 15.8. The Morgan fingerprint density at radius 3 is 2.71 bits per heavy atom. The zero-order chi connectivity index (χ0) is 12.9. The van der Waals surface area contributed by atoms with Crippen LogP contribution in [0, 0.1) is 11.3 Å². The molecule has 1 N–H and O–H groups in total. The Kier molecular flexibility index (Phi) is 4.22. The molecule has 0 aromatic carbocycles. The Morgan fingerprint density at radius 2 is 2.24 bits per heavy atom. The van der Waals surface area contributed by atoms with Crippen LogP contribution in [-0.2, 0) is 0 Å². The topological polar surface area (TPSA) is 65.8 Å². The molecule has 0 bridgehead atoms. The highest BCUT2D eigenvalue weighted by atomic mass is 16.2. The van der Waals surface area contributed by atoms with Crippen LogP contribution in [0.25, 0.3) is 0 Å². The number of carbonyl (C=O) groups excluding carboxylic acids is 1. The highest BCUT2D eigenvalue weighted by Crippen LogP contribution is 2.11. The van der Waals surface area contributed by atoms with Crippen LogP contribution < -0.4 is 5.32 Å². The van der Waals surface area contributed by atoms with Crippen molar-refractivity contribution in [3.8, 4) is 6.07 Å². The van der Waals surface area contributed by atoms with E-state index in [0.717, 1.165) is 12.8 Å². The predicted molar refractivity (Wildman–Crippen MR) is 65.4 cm³/mol. The fourth-order valence-electron chi connectivity index (χ4n) is 1.65. The maximum absolute atomic E-state index is 11.9. The molecular formula is C13H17N3O. The maximum Gasteiger partial charge on any atom is 0.270 e. The van der Waals surface area contributed by atoms with Crippen molar-refractivity contribution < 1.29 is 4.79 Å². The monoisotopic (exact) mass is 231 g/mol. The lowest BCUT2D eigenvalue weighted by Crippen LogP contribution is -2.43. The van der Waals surface area contributed by atoms with E-state index in [1.165, 1.54) is 6.20 Å². The number of hydrogen-bond acceptors (Lipinski definition) is 3. The van der Waals surface area contributed by atoms with Crippen molar-refractivity contribution in [2.45, 2.75) is 39.2 Å². The molecule has 17 heavy (non-hydrogen) atoms. The van der Waals surface area contributed by atoms with E-state index in [4.69, 9.17) is 5.26 Å². The molecule has 90 valence electrons. The molecule has 0 atom stereocenters. The molecule has 0 fully saturated rings. The van der Waals surface area contributed by atoms with Crippen LogP contribution in [0.4, 0.5) is 0 Å². The summed E-state index contributed by atoms with van der Waals surface area (Å²) in [5.41, 5.74) is 0.559. The summed E-state index contributed by atoms with van der Waals surface area (Å²) >= 11 is 0. The van der Waals surface area contributed by atoms with E-state index in [9.17, 15) is 4.79 Å². The number of hydrogen-bond donors (Lipinski definition) is 1. The van der Waals surface area contributed by atoms with Gasteiger partial charge in [-0.2, -0.15) is 5.26 Å². The van der Waals surface area contributed by atoms with Crippen molar-refractivity contribution in [1.82, 2.24) is 10.3 Å². The standard InChI is InChI=1S/C13H17N3O/c1-4-7-13(2,3)16-12(17)11-6-5-10(8-14)9-15-11/h5-6,9H,4,7H2,1-3H3,(H,16,17). The van der Waals surface area contributed by atoms with Crippen LogP contribution in [0.2, 0.25) is 0 Å². The third kappa shape index (κ3) is 3.87. The summed E-state index contributed by atoms with van der Waals surface area (Å²) in [6, 6.07) is 5.12. The third-order valence-corrected chi connectivity index (χ3v) is 2.45. The number of nitrogens with one attached hydrogen (secondary N) is 1. The molecule has 0 aliphatic carbocycles. The first kappa shape index (κ1) is 13.2. The van der Waals surface area contributed by atoms with Gasteiger partial charge in [-0.3, -0.25) is 4.79 Å². The number of carbonyl (C=O) groups is 1. The number of pyridine rings is 1. The van der Waals surface area contributed by atoms with Crippen LogP contribution in [0.3, 0.4) is 0 Å². The van der Waals surface area contributed by atoms with Gasteiger partial charge in [0.15, 0.2) is 0 Å². The van der Waals surface area contributed by atoms with Gasteiger partial charge in [0.25, 0.3) is 5.91 Å². The Morgan fingerprint density at radius 1 is 1.53 bits per heavy atom. The summed E-state index contributed by atoms with van der Waals surface area (Å²) in [7, 11) is 0. The predicted octanol–water partition coefficient (Wildman–Crippen LogP) is 2.26. The zero-order valence-electron chi connectivity index (χ0n) is 10.4. The van der Waals surface area contributed by atoms with E-state index >= 15 is 0 Å². The largest absolute Gasteiger partial charge is 0.346 e. The molecule has 0 aliphatic heterocycles. The van der Waals surface area contributed by atoms with Gasteiger partial charge in [-0.1, -0.05) is 13.3 Å². The quantitative estimate of drug-likeness (QED) is 0.864. The second-order valence-corrected chi connectivity index (χ2v) is 4.63. The fourth-order valence-corrected chi connectivity index (χ4v) is 1.65. The number of nitrogens with zero attached hydrogens (tertiary/aromatic N) is 2. The average Bonchev–Trinajstić information content (AvgIpc) is 2.28. The van der Waals surface area contributed by atoms with E-state index in [1.54, 1.807) is 12.1 Å². The molecule has 0 radical (unpaired) electrons. The Hall–Kier alpha value is -1.89. The first-order chi connectivity index (χ1) is 7.98. The summed E-state index contributed by atoms with van der Waals surface area (Å²) in [6.07, 6.45) is 3.32. The first-order valence-electron chi connectivity index (χ1n) is 5.67. The van der Waals surface area contributed by atoms with Crippen molar-refractivity contribution in [3.63, 3.8) is 0 Å². The van der Waals surface area contributed by atoms with Crippen LogP contribution in [0.5, 0.6) is 0 Å². The lowest BCUT2D eigenvalue weighted by atomic mass is 9.99. The van der Waals surface area contributed by atoms with Gasteiger partial charge in [0.2, 0.25) is 0 Å². The summed E-state index contributed by atoms with van der Waals surface area (Å²) in [5, 5.41) is 11.6. The minimum Gasteiger partial charge on any atom is -0.346 e. The minimum absolute atomic E-state index is 0.201. The summed E-state index contributed by atoms with van der Waals surface area (Å²) in [6.45, 7) is 6.05. The van der Waals surface area contributed by atoms with E-state index in [1.807, 2.05) is 19.9 Å². The molecule has 0 saturated heterocycles. The highest BCUT2D eigenvalue weighted by molar-refractivity contribution is 5.92. The van der Waals surface area contributed by atoms with Crippen molar-refractivity contribution >= 4 is 5.91 Å². The highest BCUT2D eigenvalue weighted by Gasteiger charge is 2.20. The molecule has 0 aliphatic rings. The zero-order valence-corrected chi connectivity index (χ0v) is 10.4. The number of aromatic nitrogens is 1. The Bertz CT molecular complexity index is 429. The van der Waals surface area contributed by atoms with Crippen LogP contribution in [-0.4, -0.2) is 16.4 Å². The van der Waals surface area contributed by atoms with Crippen molar-refractivity contribution in [1.29, 1.82) is 5.26 Å². The molecular weight excluding hydrogens is 214 g/mol. The second-order valence-electron chi connectivity index (χ2n) is 4.63. The van der Waals surface area contributed by atoms with E-state index in [0.29, 0.717) is 11.3 Å². The second kappa shape index (κ2) is 5.44. The van der Waals surface area contributed by atoms with Crippen LogP contribution in [0.15, 0.2) is 18.3 Å². The van der Waals surface area contributed by atoms with Gasteiger partial charge in [0.05, 0.1) is 5.56 Å². The third-order valence-electron chi connectivity index (χ3n) is 2.45. The van der Waals surface area contributed by atoms with Crippen molar-refractivity contribution in [3.05, 3.63) is 29.6 Å². The van der Waals surface area contributed by atoms with Crippen LogP contribution in [0.1, 0.15) is 49.7 Å². The fraction of sp³-hybridized carbons (Fsp3) is 0.462. The SMILES string of the molecule is CCCC(C)(C)NC(=O)c1ccc(C#N)cn1. The van der Waals surface area contributed by atoms with Gasteiger partial charge in [-0.25, -0.2) is 4.98 Å². The van der Waals surface area contributed by atoms with E-state index in [-0.39, 0.29) is 11.4 Å². The average molecular weight is 231 g/mol. The summed E-state index contributed by atoms with van der Waals surface area (Å²) in [5.74, 6) is -0.201. The normalized spacial score (nSPS) is 10.7. The lowest BCUT2D eigenvalue weighted by molar-refractivity contribution is 0.0904. The van der Waals surface area contributed by atoms with Crippen LogP contribution >= 0.6 is 0 Å². The molecule has 1 rings (SSSR count). The van der Waals surface area contributed by atoms with Gasteiger partial charge in [0, 0.05) is 11.7 Å². The maximum atomic E-state index is 11.9.